The molecule has 7 nitrogen and oxygen atoms in total. The predicted molar refractivity (Wildman–Crippen MR) is 135 cm³/mol. The lowest BCUT2D eigenvalue weighted by molar-refractivity contribution is -0.114. The van der Waals surface area contributed by atoms with Crippen molar-refractivity contribution < 1.29 is 14.4 Å². The number of anilines is 2. The van der Waals surface area contributed by atoms with Gasteiger partial charge in [-0.3, -0.25) is 14.4 Å². The summed E-state index contributed by atoms with van der Waals surface area (Å²) in [6, 6.07) is 23.5. The van der Waals surface area contributed by atoms with E-state index in [1.807, 2.05) is 44.2 Å². The number of hydrogen-bond donors (Lipinski definition) is 4. The molecule has 1 unspecified atom stereocenters. The van der Waals surface area contributed by atoms with Crippen molar-refractivity contribution in [3.05, 3.63) is 95.6 Å². The molecule has 7 heteroatoms. The monoisotopic (exact) mass is 458 g/mol. The van der Waals surface area contributed by atoms with Crippen LogP contribution in [0.4, 0.5) is 11.4 Å². The molecule has 0 radical (unpaired) electrons. The summed E-state index contributed by atoms with van der Waals surface area (Å²) in [6.07, 6.45) is 0.855. The first-order valence-corrected chi connectivity index (χ1v) is 11.3. The maximum absolute atomic E-state index is 12.5. The molecule has 0 spiro atoms. The van der Waals surface area contributed by atoms with E-state index in [2.05, 4.69) is 21.3 Å². The zero-order chi connectivity index (χ0) is 24.3. The zero-order valence-electron chi connectivity index (χ0n) is 19.4. The Balaban J connectivity index is 1.48. The van der Waals surface area contributed by atoms with Crippen LogP contribution < -0.4 is 21.3 Å². The van der Waals surface area contributed by atoms with Crippen LogP contribution in [0, 0.1) is 0 Å². The highest BCUT2D eigenvalue weighted by atomic mass is 16.2. The lowest BCUT2D eigenvalue weighted by Gasteiger charge is -2.12. The topological polar surface area (TPSA) is 99.3 Å². The van der Waals surface area contributed by atoms with Crippen molar-refractivity contribution in [2.45, 2.75) is 32.9 Å². The number of carbonyl (C=O) groups excluding carboxylic acids is 3. The lowest BCUT2D eigenvalue weighted by Crippen LogP contribution is -2.31. The van der Waals surface area contributed by atoms with Gasteiger partial charge in [0, 0.05) is 35.1 Å². The minimum absolute atomic E-state index is 0.0331. The third kappa shape index (κ3) is 7.48. The maximum atomic E-state index is 12.5. The standard InChI is InChI=1S/C27H30N4O3/c1-3-19(2)30-27(34)21-12-14-23(15-13-21)31-25(32)18-28-24-11-7-10-22(16-24)26(33)29-17-20-8-5-4-6-9-20/h4-16,19,28H,3,17-18H2,1-2H3,(H,29,33)(H,30,34)(H,31,32). The van der Waals surface area contributed by atoms with E-state index in [-0.39, 0.29) is 30.3 Å². The fraction of sp³-hybridized carbons (Fsp3) is 0.222. The highest BCUT2D eigenvalue weighted by molar-refractivity contribution is 5.97. The van der Waals surface area contributed by atoms with Gasteiger partial charge in [-0.25, -0.2) is 0 Å². The molecule has 0 bridgehead atoms. The van der Waals surface area contributed by atoms with Crippen molar-refractivity contribution >= 4 is 29.1 Å². The van der Waals surface area contributed by atoms with Gasteiger partial charge >= 0.3 is 0 Å². The Kier molecular flexibility index (Phi) is 8.80. The molecule has 3 rings (SSSR count). The molecule has 0 heterocycles. The predicted octanol–water partition coefficient (Wildman–Crippen LogP) is 4.20. The van der Waals surface area contributed by atoms with Gasteiger partial charge < -0.3 is 21.3 Å². The minimum atomic E-state index is -0.240. The Labute approximate surface area is 200 Å². The molecule has 0 aromatic heterocycles. The second kappa shape index (κ2) is 12.2. The average molecular weight is 459 g/mol. The summed E-state index contributed by atoms with van der Waals surface area (Å²) < 4.78 is 0. The Morgan fingerprint density at radius 1 is 0.794 bits per heavy atom. The van der Waals surface area contributed by atoms with Crippen LogP contribution in [0.1, 0.15) is 46.5 Å². The molecule has 0 aliphatic carbocycles. The number of nitrogens with one attached hydrogen (secondary N) is 4. The summed E-state index contributed by atoms with van der Waals surface area (Å²) in [4.78, 5) is 36.9. The van der Waals surface area contributed by atoms with Gasteiger partial charge in [-0.05, 0) is 61.4 Å². The summed E-state index contributed by atoms with van der Waals surface area (Å²) in [6.45, 7) is 4.43. The first-order valence-electron chi connectivity index (χ1n) is 11.3. The van der Waals surface area contributed by atoms with Gasteiger partial charge in [0.05, 0.1) is 6.54 Å². The number of hydrogen-bond acceptors (Lipinski definition) is 4. The number of benzene rings is 3. The molecule has 4 N–H and O–H groups in total. The van der Waals surface area contributed by atoms with Crippen LogP contribution in [0.15, 0.2) is 78.9 Å². The smallest absolute Gasteiger partial charge is 0.251 e. The first-order chi connectivity index (χ1) is 16.4. The van der Waals surface area contributed by atoms with Crippen molar-refractivity contribution in [2.75, 3.05) is 17.2 Å². The highest BCUT2D eigenvalue weighted by Crippen LogP contribution is 2.12. The van der Waals surface area contributed by atoms with Gasteiger partial charge in [-0.15, -0.1) is 0 Å². The number of amides is 3. The summed E-state index contributed by atoms with van der Waals surface area (Å²) in [5, 5.41) is 11.6. The van der Waals surface area contributed by atoms with Crippen molar-refractivity contribution in [2.24, 2.45) is 0 Å². The molecule has 34 heavy (non-hydrogen) atoms. The first kappa shape index (κ1) is 24.5. The molecule has 1 atom stereocenters. The quantitative estimate of drug-likeness (QED) is 0.366. The van der Waals surface area contributed by atoms with Crippen molar-refractivity contribution in [1.29, 1.82) is 0 Å². The van der Waals surface area contributed by atoms with Gasteiger partial charge in [0.15, 0.2) is 0 Å². The van der Waals surface area contributed by atoms with Crippen LogP contribution in [0.3, 0.4) is 0 Å². The fourth-order valence-corrected chi connectivity index (χ4v) is 3.15. The number of carbonyl (C=O) groups is 3. The SMILES string of the molecule is CCC(C)NC(=O)c1ccc(NC(=O)CNc2cccc(C(=O)NCc3ccccc3)c2)cc1. The maximum Gasteiger partial charge on any atom is 0.251 e. The van der Waals surface area contributed by atoms with E-state index in [1.165, 1.54) is 0 Å². The second-order valence-corrected chi connectivity index (χ2v) is 8.01. The van der Waals surface area contributed by atoms with Crippen LogP contribution in [0.2, 0.25) is 0 Å². The summed E-state index contributed by atoms with van der Waals surface area (Å²) >= 11 is 0. The van der Waals surface area contributed by atoms with E-state index in [9.17, 15) is 14.4 Å². The molecule has 176 valence electrons. The molecule has 3 aromatic carbocycles. The molecular formula is C27H30N4O3. The number of rotatable bonds is 10. The summed E-state index contributed by atoms with van der Waals surface area (Å²) in [5.74, 6) is -0.563. The lowest BCUT2D eigenvalue weighted by atomic mass is 10.1. The summed E-state index contributed by atoms with van der Waals surface area (Å²) in [5.41, 5.74) is 3.33. The van der Waals surface area contributed by atoms with Gasteiger partial charge in [0.2, 0.25) is 5.91 Å². The largest absolute Gasteiger partial charge is 0.376 e. The van der Waals surface area contributed by atoms with E-state index in [4.69, 9.17) is 0 Å². The summed E-state index contributed by atoms with van der Waals surface area (Å²) in [7, 11) is 0. The van der Waals surface area contributed by atoms with E-state index >= 15 is 0 Å². The average Bonchev–Trinajstić information content (AvgIpc) is 2.87. The van der Waals surface area contributed by atoms with Crippen LogP contribution in [-0.2, 0) is 11.3 Å². The molecule has 3 aromatic rings. The Hall–Kier alpha value is -4.13. The van der Waals surface area contributed by atoms with Crippen molar-refractivity contribution in [3.63, 3.8) is 0 Å². The van der Waals surface area contributed by atoms with Gasteiger partial charge in [0.25, 0.3) is 11.8 Å². The van der Waals surface area contributed by atoms with Gasteiger partial charge in [-0.1, -0.05) is 43.3 Å². The van der Waals surface area contributed by atoms with Crippen molar-refractivity contribution in [1.82, 2.24) is 10.6 Å². The molecular weight excluding hydrogens is 428 g/mol. The molecule has 0 aliphatic heterocycles. The minimum Gasteiger partial charge on any atom is -0.376 e. The fourth-order valence-electron chi connectivity index (χ4n) is 3.15. The Bertz CT molecular complexity index is 1110. The van der Waals surface area contributed by atoms with E-state index in [0.29, 0.717) is 29.0 Å². The molecule has 0 fully saturated rings. The van der Waals surface area contributed by atoms with Crippen LogP contribution in [-0.4, -0.2) is 30.3 Å². The highest BCUT2D eigenvalue weighted by Gasteiger charge is 2.10. The van der Waals surface area contributed by atoms with E-state index in [0.717, 1.165) is 12.0 Å². The van der Waals surface area contributed by atoms with Gasteiger partial charge in [-0.2, -0.15) is 0 Å². The Morgan fingerprint density at radius 2 is 1.53 bits per heavy atom. The third-order valence-corrected chi connectivity index (χ3v) is 5.29. The second-order valence-electron chi connectivity index (χ2n) is 8.01. The molecule has 0 saturated heterocycles. The van der Waals surface area contributed by atoms with E-state index in [1.54, 1.807) is 48.5 Å². The van der Waals surface area contributed by atoms with Gasteiger partial charge in [0.1, 0.15) is 0 Å². The van der Waals surface area contributed by atoms with Crippen LogP contribution >= 0.6 is 0 Å². The van der Waals surface area contributed by atoms with Crippen LogP contribution in [0.25, 0.3) is 0 Å². The van der Waals surface area contributed by atoms with Crippen molar-refractivity contribution in [3.8, 4) is 0 Å². The normalized spacial score (nSPS) is 11.2. The zero-order valence-corrected chi connectivity index (χ0v) is 19.4. The van der Waals surface area contributed by atoms with Crippen LogP contribution in [0.5, 0.6) is 0 Å². The van der Waals surface area contributed by atoms with E-state index < -0.39 is 0 Å². The molecule has 0 aliphatic rings. The third-order valence-electron chi connectivity index (χ3n) is 5.29. The molecule has 3 amide bonds. The Morgan fingerprint density at radius 3 is 2.24 bits per heavy atom. The molecule has 0 saturated carbocycles.